The Morgan fingerprint density at radius 1 is 0.944 bits per heavy atom. The van der Waals surface area contributed by atoms with Gasteiger partial charge in [0.25, 0.3) is 11.8 Å². The molecule has 2 aromatic rings. The first-order valence-corrected chi connectivity index (χ1v) is 10.8. The maximum atomic E-state index is 12.8. The lowest BCUT2D eigenvalue weighted by molar-refractivity contribution is -0.151. The molecular formula is C24H27N3O9. The highest BCUT2D eigenvalue weighted by atomic mass is 16.5. The summed E-state index contributed by atoms with van der Waals surface area (Å²) >= 11 is 0. The number of carbonyl (C=O) groups excluding carboxylic acids is 4. The van der Waals surface area contributed by atoms with Crippen LogP contribution in [-0.2, 0) is 19.1 Å². The molecule has 3 rings (SSSR count). The fourth-order valence-electron chi connectivity index (χ4n) is 3.57. The number of benzene rings is 2. The maximum Gasteiger partial charge on any atom is 0.311 e. The van der Waals surface area contributed by atoms with Gasteiger partial charge in [0.15, 0.2) is 6.61 Å². The maximum absolute atomic E-state index is 12.8. The number of methoxy groups -OCH3 is 4. The Balaban J connectivity index is 1.55. The Bertz CT molecular complexity index is 1130. The van der Waals surface area contributed by atoms with Crippen LogP contribution >= 0.6 is 0 Å². The van der Waals surface area contributed by atoms with Gasteiger partial charge in [-0.2, -0.15) is 0 Å². The van der Waals surface area contributed by atoms with Crippen LogP contribution in [0.2, 0.25) is 0 Å². The van der Waals surface area contributed by atoms with Crippen LogP contribution in [0.3, 0.4) is 0 Å². The largest absolute Gasteiger partial charge is 0.497 e. The van der Waals surface area contributed by atoms with Gasteiger partial charge < -0.3 is 29.0 Å². The van der Waals surface area contributed by atoms with E-state index in [-0.39, 0.29) is 30.0 Å². The number of hydrogen-bond acceptors (Lipinski definition) is 9. The monoisotopic (exact) mass is 501 g/mol. The van der Waals surface area contributed by atoms with Crippen molar-refractivity contribution >= 4 is 29.4 Å². The predicted octanol–water partition coefficient (Wildman–Crippen LogP) is 1.40. The Morgan fingerprint density at radius 3 is 2.22 bits per heavy atom. The molecule has 2 N–H and O–H groups in total. The first-order valence-electron chi connectivity index (χ1n) is 10.8. The minimum Gasteiger partial charge on any atom is -0.497 e. The fourth-order valence-corrected chi connectivity index (χ4v) is 3.57. The van der Waals surface area contributed by atoms with Gasteiger partial charge in [-0.25, -0.2) is 0 Å². The lowest BCUT2D eigenvalue weighted by Gasteiger charge is -2.19. The van der Waals surface area contributed by atoms with E-state index in [1.54, 1.807) is 36.4 Å². The molecule has 3 amide bonds. The highest BCUT2D eigenvalue weighted by molar-refractivity contribution is 6.01. The summed E-state index contributed by atoms with van der Waals surface area (Å²) in [7, 11) is 5.75. The third-order valence-electron chi connectivity index (χ3n) is 5.38. The first-order chi connectivity index (χ1) is 17.3. The fraction of sp³-hybridized carbons (Fsp3) is 0.333. The third kappa shape index (κ3) is 5.95. The molecule has 0 spiro atoms. The zero-order valence-electron chi connectivity index (χ0n) is 20.3. The second kappa shape index (κ2) is 11.8. The lowest BCUT2D eigenvalue weighted by atomic mass is 10.1. The van der Waals surface area contributed by atoms with Crippen LogP contribution in [0.5, 0.6) is 23.0 Å². The van der Waals surface area contributed by atoms with E-state index in [0.29, 0.717) is 17.2 Å². The molecule has 0 unspecified atom stereocenters. The first kappa shape index (κ1) is 26.1. The van der Waals surface area contributed by atoms with Crippen LogP contribution in [0, 0.1) is 5.92 Å². The molecule has 0 saturated carbocycles. The van der Waals surface area contributed by atoms with Crippen LogP contribution in [0.1, 0.15) is 16.8 Å². The topological polar surface area (TPSA) is 142 Å². The van der Waals surface area contributed by atoms with Crippen molar-refractivity contribution in [3.63, 3.8) is 0 Å². The number of rotatable bonds is 10. The second-order valence-corrected chi connectivity index (χ2v) is 7.61. The van der Waals surface area contributed by atoms with E-state index in [9.17, 15) is 19.2 Å². The molecule has 36 heavy (non-hydrogen) atoms. The average molecular weight is 501 g/mol. The summed E-state index contributed by atoms with van der Waals surface area (Å²) in [5, 5.41) is 3.62. The molecule has 0 aromatic heterocycles. The van der Waals surface area contributed by atoms with E-state index >= 15 is 0 Å². The molecule has 1 aliphatic rings. The summed E-state index contributed by atoms with van der Waals surface area (Å²) in [6, 6.07) is 9.63. The summed E-state index contributed by atoms with van der Waals surface area (Å²) in [6.45, 7) is -0.682. The molecule has 1 atom stereocenters. The molecule has 1 heterocycles. The number of anilines is 1. The zero-order valence-corrected chi connectivity index (χ0v) is 20.3. The van der Waals surface area contributed by atoms with E-state index in [2.05, 4.69) is 10.7 Å². The van der Waals surface area contributed by atoms with Gasteiger partial charge in [0.1, 0.15) is 28.6 Å². The summed E-state index contributed by atoms with van der Waals surface area (Å²) in [4.78, 5) is 50.0. The molecular weight excluding hydrogens is 474 g/mol. The van der Waals surface area contributed by atoms with Gasteiger partial charge in [0, 0.05) is 12.5 Å². The second-order valence-electron chi connectivity index (χ2n) is 7.61. The minimum atomic E-state index is -0.860. The molecule has 1 aliphatic heterocycles. The van der Waals surface area contributed by atoms with Crippen LogP contribution in [0.4, 0.5) is 5.69 Å². The molecule has 0 bridgehead atoms. The number of nitrogens with zero attached hydrogens (tertiary/aromatic N) is 1. The normalized spacial score (nSPS) is 14.6. The zero-order chi connectivity index (χ0) is 26.2. The molecule has 2 aromatic carbocycles. The number of esters is 1. The van der Waals surface area contributed by atoms with E-state index in [0.717, 1.165) is 5.01 Å². The van der Waals surface area contributed by atoms with Crippen molar-refractivity contribution in [2.75, 3.05) is 46.9 Å². The van der Waals surface area contributed by atoms with Gasteiger partial charge in [-0.1, -0.05) is 6.07 Å². The molecule has 0 radical (unpaired) electrons. The highest BCUT2D eigenvalue weighted by Crippen LogP contribution is 2.30. The number of nitrogens with one attached hydrogen (secondary N) is 2. The Labute approximate surface area is 207 Å². The van der Waals surface area contributed by atoms with Crippen LogP contribution < -0.4 is 29.7 Å². The van der Waals surface area contributed by atoms with Crippen molar-refractivity contribution in [2.45, 2.75) is 6.42 Å². The van der Waals surface area contributed by atoms with Gasteiger partial charge in [0.2, 0.25) is 5.91 Å². The van der Waals surface area contributed by atoms with Gasteiger partial charge >= 0.3 is 5.97 Å². The van der Waals surface area contributed by atoms with Crippen LogP contribution in [0.25, 0.3) is 0 Å². The van der Waals surface area contributed by atoms with Crippen molar-refractivity contribution in [1.82, 2.24) is 10.4 Å². The molecule has 12 heteroatoms. The number of ether oxygens (including phenoxy) is 5. The number of hydrazine groups is 1. The molecule has 1 fully saturated rings. The number of hydrogen-bond donors (Lipinski definition) is 2. The lowest BCUT2D eigenvalue weighted by Crippen LogP contribution is -2.43. The van der Waals surface area contributed by atoms with E-state index < -0.39 is 36.2 Å². The summed E-state index contributed by atoms with van der Waals surface area (Å²) < 4.78 is 25.8. The van der Waals surface area contributed by atoms with E-state index in [1.807, 2.05) is 0 Å². The molecule has 1 saturated heterocycles. The van der Waals surface area contributed by atoms with Crippen molar-refractivity contribution in [2.24, 2.45) is 5.92 Å². The van der Waals surface area contributed by atoms with Crippen molar-refractivity contribution in [3.05, 3.63) is 42.0 Å². The molecule has 12 nitrogen and oxygen atoms in total. The minimum absolute atomic E-state index is 0.104. The predicted molar refractivity (Wildman–Crippen MR) is 126 cm³/mol. The van der Waals surface area contributed by atoms with Crippen molar-refractivity contribution < 1.29 is 42.9 Å². The van der Waals surface area contributed by atoms with E-state index in [1.165, 1.54) is 28.4 Å². The summed E-state index contributed by atoms with van der Waals surface area (Å²) in [6.07, 6.45) is -0.184. The smallest absolute Gasteiger partial charge is 0.311 e. The Hall–Kier alpha value is -4.48. The van der Waals surface area contributed by atoms with Crippen molar-refractivity contribution in [1.29, 1.82) is 0 Å². The van der Waals surface area contributed by atoms with Gasteiger partial charge in [-0.15, -0.1) is 0 Å². The van der Waals surface area contributed by atoms with E-state index in [4.69, 9.17) is 23.7 Å². The quantitative estimate of drug-likeness (QED) is 0.462. The third-order valence-corrected chi connectivity index (χ3v) is 5.38. The van der Waals surface area contributed by atoms with Crippen LogP contribution in [-0.4, -0.2) is 70.3 Å². The van der Waals surface area contributed by atoms with Crippen molar-refractivity contribution in [3.8, 4) is 23.0 Å². The standard InChI is InChI=1S/C24H27N3O9/c1-32-15-8-9-16(19(11-15)35-4)25-20(28)13-36-24(31)14-10-21(29)27(12-14)26-23(30)22-17(33-2)6-5-7-18(22)34-3/h5-9,11,14H,10,12-13H2,1-4H3,(H,25,28)(H,26,30)/t14-/m1/s1. The number of carbonyl (C=O) groups is 4. The Morgan fingerprint density at radius 2 is 1.61 bits per heavy atom. The Kier molecular flexibility index (Phi) is 8.55. The molecule has 192 valence electrons. The van der Waals surface area contributed by atoms with Gasteiger partial charge in [0.05, 0.1) is 46.6 Å². The number of amides is 3. The SMILES string of the molecule is COc1ccc(NC(=O)COC(=O)[C@@H]2CC(=O)N(NC(=O)c3c(OC)cccc3OC)C2)c(OC)c1. The van der Waals surface area contributed by atoms with Gasteiger partial charge in [-0.3, -0.25) is 29.6 Å². The summed E-state index contributed by atoms with van der Waals surface area (Å²) in [5.41, 5.74) is 2.95. The highest BCUT2D eigenvalue weighted by Gasteiger charge is 2.37. The molecule has 0 aliphatic carbocycles. The average Bonchev–Trinajstić information content (AvgIpc) is 3.26. The van der Waals surface area contributed by atoms with Gasteiger partial charge in [-0.05, 0) is 24.3 Å². The van der Waals surface area contributed by atoms with Crippen LogP contribution in [0.15, 0.2) is 36.4 Å². The summed E-state index contributed by atoms with van der Waals surface area (Å²) in [5.74, 6) is -1.89.